The van der Waals surface area contributed by atoms with Gasteiger partial charge in [-0.15, -0.1) is 0 Å². The van der Waals surface area contributed by atoms with Crippen molar-refractivity contribution in [1.29, 1.82) is 0 Å². The van der Waals surface area contributed by atoms with Gasteiger partial charge in [0.2, 0.25) is 0 Å². The number of hydrogen-bond acceptors (Lipinski definition) is 4. The molecule has 0 radical (unpaired) electrons. The monoisotopic (exact) mass is 352 g/mol. The molecule has 0 unspecified atom stereocenters. The molecule has 0 spiro atoms. The van der Waals surface area contributed by atoms with E-state index in [9.17, 15) is 10.2 Å². The lowest BCUT2D eigenvalue weighted by molar-refractivity contribution is 0.451. The Bertz CT molecular complexity index is 1170. The molecule has 4 rings (SSSR count). The van der Waals surface area contributed by atoms with Crippen molar-refractivity contribution in [3.63, 3.8) is 0 Å². The van der Waals surface area contributed by atoms with E-state index in [4.69, 9.17) is 12.2 Å². The number of aromatic hydroxyl groups is 2. The highest BCUT2D eigenvalue weighted by atomic mass is 32.1. The number of nitrogens with zero attached hydrogens (tertiary/aromatic N) is 2. The topological polar surface area (TPSA) is 89.9 Å². The molecular weight excluding hydrogens is 336 g/mol. The zero-order valence-electron chi connectivity index (χ0n) is 13.7. The summed E-state index contributed by atoms with van der Waals surface area (Å²) in [5.41, 5.74) is 4.59. The van der Waals surface area contributed by atoms with E-state index >= 15 is 0 Å². The molecule has 7 heteroatoms. The standard InChI is InChI=1S/C18H16N4O2S/c1-9-10(2)19-13-4-3-5-14(16(9)13)22-17(20-21-18(22)25)12-7-6-11(23)8-15(12)24/h3-8,19,23-24H,1-2H3,(H,21,25). The van der Waals surface area contributed by atoms with E-state index in [1.54, 1.807) is 10.6 Å². The van der Waals surface area contributed by atoms with E-state index in [0.29, 0.717) is 16.2 Å². The Balaban J connectivity index is 2.06. The summed E-state index contributed by atoms with van der Waals surface area (Å²) in [6.45, 7) is 4.08. The van der Waals surface area contributed by atoms with E-state index < -0.39 is 0 Å². The van der Waals surface area contributed by atoms with Crippen LogP contribution in [-0.4, -0.2) is 30.0 Å². The predicted molar refractivity (Wildman–Crippen MR) is 98.8 cm³/mol. The molecule has 0 aliphatic heterocycles. The molecule has 0 amide bonds. The third kappa shape index (κ3) is 2.32. The first-order chi connectivity index (χ1) is 12.0. The number of fused-ring (bicyclic) bond motifs is 1. The average Bonchev–Trinajstić information content (AvgIpc) is 3.08. The molecule has 126 valence electrons. The van der Waals surface area contributed by atoms with Crippen LogP contribution in [0.25, 0.3) is 28.0 Å². The molecular formula is C18H16N4O2S. The van der Waals surface area contributed by atoms with Gasteiger partial charge in [-0.05, 0) is 55.9 Å². The summed E-state index contributed by atoms with van der Waals surface area (Å²) in [6, 6.07) is 10.3. The number of hydrogen-bond donors (Lipinski definition) is 4. The number of benzene rings is 2. The molecule has 0 bridgehead atoms. The van der Waals surface area contributed by atoms with Crippen molar-refractivity contribution in [2.75, 3.05) is 0 Å². The molecule has 0 aliphatic carbocycles. The molecule has 2 aromatic carbocycles. The number of aromatic amines is 2. The Morgan fingerprint density at radius 1 is 1.12 bits per heavy atom. The molecule has 0 atom stereocenters. The summed E-state index contributed by atoms with van der Waals surface area (Å²) >= 11 is 5.44. The lowest BCUT2D eigenvalue weighted by Gasteiger charge is -2.10. The van der Waals surface area contributed by atoms with Crippen LogP contribution in [0, 0.1) is 18.6 Å². The summed E-state index contributed by atoms with van der Waals surface area (Å²) in [4.78, 5) is 3.37. The van der Waals surface area contributed by atoms with Gasteiger partial charge in [0, 0.05) is 22.7 Å². The lowest BCUT2D eigenvalue weighted by Crippen LogP contribution is -1.99. The lowest BCUT2D eigenvalue weighted by atomic mass is 10.1. The van der Waals surface area contributed by atoms with Crippen molar-refractivity contribution in [1.82, 2.24) is 19.7 Å². The number of nitrogens with one attached hydrogen (secondary N) is 2. The van der Waals surface area contributed by atoms with Crippen molar-refractivity contribution in [2.24, 2.45) is 0 Å². The normalized spacial score (nSPS) is 11.3. The minimum Gasteiger partial charge on any atom is -0.508 e. The van der Waals surface area contributed by atoms with Gasteiger partial charge in [0.05, 0.1) is 11.3 Å². The smallest absolute Gasteiger partial charge is 0.200 e. The fourth-order valence-electron chi connectivity index (χ4n) is 3.12. The quantitative estimate of drug-likeness (QED) is 0.409. The van der Waals surface area contributed by atoms with E-state index in [1.165, 1.54) is 12.1 Å². The third-order valence-corrected chi connectivity index (χ3v) is 4.71. The third-order valence-electron chi connectivity index (χ3n) is 4.44. The average molecular weight is 352 g/mol. The minimum absolute atomic E-state index is 0.0128. The zero-order chi connectivity index (χ0) is 17.7. The Labute approximate surface area is 148 Å². The second kappa shape index (κ2) is 5.49. The summed E-state index contributed by atoms with van der Waals surface area (Å²) < 4.78 is 2.22. The fourth-order valence-corrected chi connectivity index (χ4v) is 3.35. The van der Waals surface area contributed by atoms with E-state index in [1.807, 2.05) is 25.1 Å². The number of rotatable bonds is 2. The molecule has 6 nitrogen and oxygen atoms in total. The van der Waals surface area contributed by atoms with Gasteiger partial charge in [-0.3, -0.25) is 9.67 Å². The SMILES string of the molecule is Cc1[nH]c2cccc(-n3c(-c4ccc(O)cc4O)n[nH]c3=S)c2c1C. The van der Waals surface area contributed by atoms with Crippen LogP contribution in [0.5, 0.6) is 11.5 Å². The zero-order valence-corrected chi connectivity index (χ0v) is 14.5. The molecule has 0 aliphatic rings. The Morgan fingerprint density at radius 2 is 1.92 bits per heavy atom. The summed E-state index contributed by atoms with van der Waals surface area (Å²) in [6.07, 6.45) is 0. The van der Waals surface area contributed by atoms with Gasteiger partial charge in [-0.25, -0.2) is 0 Å². The molecule has 4 N–H and O–H groups in total. The van der Waals surface area contributed by atoms with Crippen LogP contribution in [-0.2, 0) is 0 Å². The van der Waals surface area contributed by atoms with Crippen molar-refractivity contribution < 1.29 is 10.2 Å². The summed E-state index contributed by atoms with van der Waals surface area (Å²) in [7, 11) is 0. The highest BCUT2D eigenvalue weighted by molar-refractivity contribution is 7.71. The summed E-state index contributed by atoms with van der Waals surface area (Å²) in [5, 5.41) is 27.9. The van der Waals surface area contributed by atoms with Gasteiger partial charge in [0.1, 0.15) is 11.5 Å². The van der Waals surface area contributed by atoms with Gasteiger partial charge in [-0.1, -0.05) is 6.07 Å². The Hall–Kier alpha value is -3.06. The largest absolute Gasteiger partial charge is 0.508 e. The Kier molecular flexibility index (Phi) is 3.40. The molecule has 4 aromatic rings. The van der Waals surface area contributed by atoms with E-state index in [0.717, 1.165) is 27.8 Å². The van der Waals surface area contributed by atoms with Crippen LogP contribution >= 0.6 is 12.2 Å². The fraction of sp³-hybridized carbons (Fsp3) is 0.111. The number of H-pyrrole nitrogens is 2. The second-order valence-electron chi connectivity index (χ2n) is 5.96. The first-order valence-electron chi connectivity index (χ1n) is 7.75. The highest BCUT2D eigenvalue weighted by Crippen LogP contribution is 2.35. The van der Waals surface area contributed by atoms with Crippen molar-refractivity contribution >= 4 is 23.1 Å². The number of phenolic OH excluding ortho intramolecular Hbond substituents is 2. The minimum atomic E-state index is -0.0654. The molecule has 25 heavy (non-hydrogen) atoms. The molecule has 0 fully saturated rings. The predicted octanol–water partition coefficient (Wildman–Crippen LogP) is 4.11. The van der Waals surface area contributed by atoms with Gasteiger partial charge >= 0.3 is 0 Å². The maximum Gasteiger partial charge on any atom is 0.200 e. The van der Waals surface area contributed by atoms with Crippen LogP contribution in [0.2, 0.25) is 0 Å². The molecule has 0 saturated carbocycles. The maximum absolute atomic E-state index is 10.2. The van der Waals surface area contributed by atoms with Crippen molar-refractivity contribution in [3.8, 4) is 28.6 Å². The van der Waals surface area contributed by atoms with E-state index in [-0.39, 0.29) is 11.5 Å². The molecule has 0 saturated heterocycles. The highest BCUT2D eigenvalue weighted by Gasteiger charge is 2.18. The molecule has 2 aromatic heterocycles. The van der Waals surface area contributed by atoms with Gasteiger partial charge in [0.25, 0.3) is 0 Å². The number of aromatic nitrogens is 4. The Morgan fingerprint density at radius 3 is 2.68 bits per heavy atom. The van der Waals surface area contributed by atoms with Crippen LogP contribution in [0.3, 0.4) is 0 Å². The van der Waals surface area contributed by atoms with Crippen LogP contribution in [0.15, 0.2) is 36.4 Å². The summed E-state index contributed by atoms with van der Waals surface area (Å²) in [5.74, 6) is 0.402. The van der Waals surface area contributed by atoms with E-state index in [2.05, 4.69) is 22.1 Å². The van der Waals surface area contributed by atoms with Gasteiger partial charge in [0.15, 0.2) is 10.6 Å². The number of phenols is 2. The maximum atomic E-state index is 10.2. The second-order valence-corrected chi connectivity index (χ2v) is 6.35. The first-order valence-corrected chi connectivity index (χ1v) is 8.16. The van der Waals surface area contributed by atoms with Crippen molar-refractivity contribution in [3.05, 3.63) is 52.4 Å². The van der Waals surface area contributed by atoms with Crippen LogP contribution < -0.4 is 0 Å². The number of aryl methyl sites for hydroxylation is 2. The van der Waals surface area contributed by atoms with Gasteiger partial charge in [-0.2, -0.15) is 5.10 Å². The van der Waals surface area contributed by atoms with Gasteiger partial charge < -0.3 is 15.2 Å². The first kappa shape index (κ1) is 15.5. The molecule has 2 heterocycles. The van der Waals surface area contributed by atoms with Crippen molar-refractivity contribution in [2.45, 2.75) is 13.8 Å². The van der Waals surface area contributed by atoms with Crippen LogP contribution in [0.4, 0.5) is 0 Å². The van der Waals surface area contributed by atoms with Crippen LogP contribution in [0.1, 0.15) is 11.3 Å².